The van der Waals surface area contributed by atoms with Gasteiger partial charge in [0.1, 0.15) is 0 Å². The Balaban J connectivity index is 2.18. The number of imidazole rings is 1. The molecular formula is C14H18BrN3O. The van der Waals surface area contributed by atoms with Gasteiger partial charge in [-0.1, -0.05) is 15.9 Å². The number of halogens is 1. The van der Waals surface area contributed by atoms with E-state index in [1.54, 1.807) is 4.57 Å². The van der Waals surface area contributed by atoms with Crippen molar-refractivity contribution >= 4 is 27.0 Å². The average Bonchev–Trinajstić information content (AvgIpc) is 2.62. The van der Waals surface area contributed by atoms with Crippen LogP contribution in [-0.4, -0.2) is 34.2 Å². The molecule has 5 heteroatoms. The number of nitrogens with zero attached hydrogens (tertiary/aromatic N) is 3. The van der Waals surface area contributed by atoms with Crippen molar-refractivity contribution in [2.24, 2.45) is 7.05 Å². The van der Waals surface area contributed by atoms with E-state index >= 15 is 0 Å². The van der Waals surface area contributed by atoms with Gasteiger partial charge in [-0.05, 0) is 44.6 Å². The average molecular weight is 324 g/mol. The molecule has 1 aromatic carbocycles. The fourth-order valence-corrected chi connectivity index (χ4v) is 3.39. The highest BCUT2D eigenvalue weighted by Crippen LogP contribution is 2.25. The Labute approximate surface area is 120 Å². The van der Waals surface area contributed by atoms with Crippen LogP contribution in [-0.2, 0) is 7.05 Å². The molecule has 1 aliphatic heterocycles. The van der Waals surface area contributed by atoms with E-state index in [-0.39, 0.29) is 11.7 Å². The van der Waals surface area contributed by atoms with E-state index in [0.717, 1.165) is 41.4 Å². The predicted molar refractivity (Wildman–Crippen MR) is 80.6 cm³/mol. The molecule has 1 aliphatic rings. The molecule has 0 saturated carbocycles. The summed E-state index contributed by atoms with van der Waals surface area (Å²) in [7, 11) is 3.97. The summed E-state index contributed by atoms with van der Waals surface area (Å²) < 4.78 is 4.72. The van der Waals surface area contributed by atoms with Gasteiger partial charge >= 0.3 is 5.69 Å². The third-order valence-electron chi connectivity index (χ3n) is 4.02. The van der Waals surface area contributed by atoms with Crippen LogP contribution in [0.2, 0.25) is 0 Å². The lowest BCUT2D eigenvalue weighted by Gasteiger charge is -2.30. The van der Waals surface area contributed by atoms with Crippen LogP contribution in [0.15, 0.2) is 27.5 Å². The second-order valence-corrected chi connectivity index (χ2v) is 6.32. The lowest BCUT2D eigenvalue weighted by Crippen LogP contribution is -2.37. The first-order chi connectivity index (χ1) is 9.08. The number of rotatable bonds is 1. The smallest absolute Gasteiger partial charge is 0.304 e. The first kappa shape index (κ1) is 12.9. The van der Waals surface area contributed by atoms with Crippen LogP contribution < -0.4 is 5.69 Å². The Morgan fingerprint density at radius 2 is 2.05 bits per heavy atom. The predicted octanol–water partition coefficient (Wildman–Crippen LogP) is 2.37. The molecule has 102 valence electrons. The summed E-state index contributed by atoms with van der Waals surface area (Å²) in [5.74, 6) is 0. The van der Waals surface area contributed by atoms with E-state index in [1.165, 1.54) is 0 Å². The molecular weight excluding hydrogens is 306 g/mol. The quantitative estimate of drug-likeness (QED) is 0.806. The minimum absolute atomic E-state index is 0.0911. The van der Waals surface area contributed by atoms with Gasteiger partial charge in [-0.25, -0.2) is 4.79 Å². The molecule has 2 heterocycles. The third kappa shape index (κ3) is 2.15. The van der Waals surface area contributed by atoms with E-state index in [2.05, 4.69) is 27.9 Å². The third-order valence-corrected chi connectivity index (χ3v) is 4.51. The van der Waals surface area contributed by atoms with E-state index in [1.807, 2.05) is 29.8 Å². The van der Waals surface area contributed by atoms with Crippen LogP contribution in [0.25, 0.3) is 11.0 Å². The maximum absolute atomic E-state index is 12.5. The largest absolute Gasteiger partial charge is 0.329 e. The fraction of sp³-hybridized carbons (Fsp3) is 0.500. The second-order valence-electron chi connectivity index (χ2n) is 5.40. The van der Waals surface area contributed by atoms with Crippen molar-refractivity contribution < 1.29 is 0 Å². The summed E-state index contributed by atoms with van der Waals surface area (Å²) in [6, 6.07) is 6.34. The lowest BCUT2D eigenvalue weighted by atomic mass is 10.1. The van der Waals surface area contributed by atoms with Crippen LogP contribution >= 0.6 is 15.9 Å². The first-order valence-corrected chi connectivity index (χ1v) is 7.42. The molecule has 1 atom stereocenters. The zero-order valence-corrected chi connectivity index (χ0v) is 12.9. The van der Waals surface area contributed by atoms with Gasteiger partial charge in [0.05, 0.1) is 17.1 Å². The Morgan fingerprint density at radius 3 is 2.79 bits per heavy atom. The molecule has 0 spiro atoms. The molecule has 0 bridgehead atoms. The maximum Gasteiger partial charge on any atom is 0.329 e. The fourth-order valence-electron chi connectivity index (χ4n) is 3.04. The van der Waals surface area contributed by atoms with E-state index in [9.17, 15) is 4.79 Å². The van der Waals surface area contributed by atoms with Gasteiger partial charge in [0, 0.05) is 18.1 Å². The molecule has 2 aromatic rings. The summed E-state index contributed by atoms with van der Waals surface area (Å²) in [6.45, 7) is 2.08. The highest BCUT2D eigenvalue weighted by atomic mass is 79.9. The van der Waals surface area contributed by atoms with E-state index in [4.69, 9.17) is 0 Å². The van der Waals surface area contributed by atoms with Crippen LogP contribution in [0.5, 0.6) is 0 Å². The minimum atomic E-state index is 0.0911. The summed E-state index contributed by atoms with van der Waals surface area (Å²) in [6.07, 6.45) is 2.24. The highest BCUT2D eigenvalue weighted by molar-refractivity contribution is 9.10. The molecule has 1 unspecified atom stereocenters. The van der Waals surface area contributed by atoms with Crippen molar-refractivity contribution in [3.05, 3.63) is 33.2 Å². The van der Waals surface area contributed by atoms with Crippen LogP contribution in [0.1, 0.15) is 18.9 Å². The van der Waals surface area contributed by atoms with Gasteiger partial charge in [-0.2, -0.15) is 0 Å². The maximum atomic E-state index is 12.5. The monoisotopic (exact) mass is 323 g/mol. The summed E-state index contributed by atoms with van der Waals surface area (Å²) >= 11 is 3.47. The standard InChI is InChI=1S/C14H18BrN3O/c1-16-7-3-4-11(9-16)18-12-6-5-10(15)8-13(12)17(2)14(18)19/h5-6,8,11H,3-4,7,9H2,1-2H3. The van der Waals surface area contributed by atoms with Crippen molar-refractivity contribution in [2.75, 3.05) is 20.1 Å². The topological polar surface area (TPSA) is 30.2 Å². The zero-order valence-electron chi connectivity index (χ0n) is 11.3. The summed E-state index contributed by atoms with van der Waals surface area (Å²) in [4.78, 5) is 14.8. The zero-order chi connectivity index (χ0) is 13.6. The molecule has 1 fully saturated rings. The molecule has 4 nitrogen and oxygen atoms in total. The van der Waals surface area contributed by atoms with Gasteiger partial charge in [-0.15, -0.1) is 0 Å². The van der Waals surface area contributed by atoms with Gasteiger partial charge in [0.15, 0.2) is 0 Å². The minimum Gasteiger partial charge on any atom is -0.304 e. The molecule has 0 radical (unpaired) electrons. The molecule has 1 saturated heterocycles. The van der Waals surface area contributed by atoms with Crippen molar-refractivity contribution in [1.29, 1.82) is 0 Å². The van der Waals surface area contributed by atoms with Gasteiger partial charge in [-0.3, -0.25) is 9.13 Å². The summed E-state index contributed by atoms with van der Waals surface area (Å²) in [5.41, 5.74) is 2.12. The number of likely N-dealkylation sites (tertiary alicyclic amines) is 1. The number of hydrogen-bond donors (Lipinski definition) is 0. The van der Waals surface area contributed by atoms with Crippen LogP contribution in [0.3, 0.4) is 0 Å². The lowest BCUT2D eigenvalue weighted by molar-refractivity contribution is 0.212. The van der Waals surface area contributed by atoms with E-state index < -0.39 is 0 Å². The second kappa shape index (κ2) is 4.80. The van der Waals surface area contributed by atoms with Gasteiger partial charge in [0.2, 0.25) is 0 Å². The van der Waals surface area contributed by atoms with E-state index in [0.29, 0.717) is 0 Å². The number of benzene rings is 1. The Morgan fingerprint density at radius 1 is 1.26 bits per heavy atom. The number of likely N-dealkylation sites (N-methyl/N-ethyl adjacent to an activating group) is 1. The summed E-state index contributed by atoms with van der Waals surface area (Å²) in [5, 5.41) is 0. The Hall–Kier alpha value is -1.07. The molecule has 0 amide bonds. The molecule has 1 aromatic heterocycles. The number of hydrogen-bond acceptors (Lipinski definition) is 2. The number of piperidine rings is 1. The number of aromatic nitrogens is 2. The van der Waals surface area contributed by atoms with Crippen molar-refractivity contribution in [1.82, 2.24) is 14.0 Å². The first-order valence-electron chi connectivity index (χ1n) is 6.63. The number of aryl methyl sites for hydroxylation is 1. The normalized spacial score (nSPS) is 21.1. The van der Waals surface area contributed by atoms with Crippen molar-refractivity contribution in [3.63, 3.8) is 0 Å². The SMILES string of the molecule is CN1CCCC(n2c(=O)n(C)c3cc(Br)ccc32)C1. The Bertz CT molecular complexity index is 673. The van der Waals surface area contributed by atoms with Gasteiger partial charge < -0.3 is 4.90 Å². The van der Waals surface area contributed by atoms with Crippen LogP contribution in [0.4, 0.5) is 0 Å². The van der Waals surface area contributed by atoms with Crippen molar-refractivity contribution in [3.8, 4) is 0 Å². The van der Waals surface area contributed by atoms with Crippen LogP contribution in [0, 0.1) is 0 Å². The van der Waals surface area contributed by atoms with Gasteiger partial charge in [0.25, 0.3) is 0 Å². The number of fused-ring (bicyclic) bond motifs is 1. The highest BCUT2D eigenvalue weighted by Gasteiger charge is 2.23. The molecule has 3 rings (SSSR count). The molecule has 0 aliphatic carbocycles. The van der Waals surface area contributed by atoms with Crippen molar-refractivity contribution in [2.45, 2.75) is 18.9 Å². The Kier molecular flexibility index (Phi) is 3.27. The molecule has 19 heavy (non-hydrogen) atoms. The molecule has 0 N–H and O–H groups in total.